The maximum Gasteiger partial charge on any atom is 0.275 e. The lowest BCUT2D eigenvalue weighted by atomic mass is 10.1. The minimum Gasteiger partial charge on any atom is -0.340 e. The largest absolute Gasteiger partial charge is 0.340 e. The van der Waals surface area contributed by atoms with Crippen molar-refractivity contribution in [2.24, 2.45) is 0 Å². The first kappa shape index (κ1) is 22.6. The summed E-state index contributed by atoms with van der Waals surface area (Å²) in [4.78, 5) is 31.3. The van der Waals surface area contributed by atoms with Gasteiger partial charge in [-0.25, -0.2) is 0 Å². The first-order chi connectivity index (χ1) is 16.5. The van der Waals surface area contributed by atoms with E-state index in [2.05, 4.69) is 30.5 Å². The molecule has 0 bridgehead atoms. The lowest BCUT2D eigenvalue weighted by Gasteiger charge is -2.28. The number of thiazole rings is 1. The summed E-state index contributed by atoms with van der Waals surface area (Å²) >= 11 is 8.03. The first-order valence-electron chi connectivity index (χ1n) is 10.8. The number of rotatable bonds is 4. The second kappa shape index (κ2) is 9.21. The van der Waals surface area contributed by atoms with Crippen molar-refractivity contribution in [2.45, 2.75) is 6.92 Å². The van der Waals surface area contributed by atoms with Crippen molar-refractivity contribution in [1.29, 1.82) is 0 Å². The van der Waals surface area contributed by atoms with Gasteiger partial charge >= 0.3 is 0 Å². The molecule has 0 N–H and O–H groups in total. The van der Waals surface area contributed by atoms with Crippen LogP contribution >= 0.6 is 35.3 Å². The zero-order valence-corrected chi connectivity index (χ0v) is 20.9. The topological polar surface area (TPSA) is 45.6 Å². The number of likely N-dealkylation sites (N-methyl/N-ethyl adjacent to an activating group) is 1. The Kier molecular flexibility index (Phi) is 6.12. The van der Waals surface area contributed by atoms with Gasteiger partial charge in [0.2, 0.25) is 0 Å². The molecule has 3 heterocycles. The average Bonchev–Trinajstić information content (AvgIpc) is 3.35. The molecule has 5 nitrogen and oxygen atoms in total. The molecule has 170 valence electrons. The van der Waals surface area contributed by atoms with E-state index in [0.717, 1.165) is 16.9 Å². The van der Waals surface area contributed by atoms with Crippen LogP contribution in [0.1, 0.15) is 12.5 Å². The van der Waals surface area contributed by atoms with Gasteiger partial charge in [0.25, 0.3) is 11.5 Å². The molecule has 0 saturated carbocycles. The summed E-state index contributed by atoms with van der Waals surface area (Å²) in [5, 5.41) is 0. The van der Waals surface area contributed by atoms with Crippen LogP contribution in [-0.4, -0.2) is 32.8 Å². The number of carbonyl (C=O) groups excluding carboxylic acids is 1. The summed E-state index contributed by atoms with van der Waals surface area (Å²) < 4.78 is 3.28. The Morgan fingerprint density at radius 3 is 2.47 bits per heavy atom. The van der Waals surface area contributed by atoms with Crippen LogP contribution in [0.5, 0.6) is 0 Å². The predicted molar refractivity (Wildman–Crippen MR) is 147 cm³/mol. The molecule has 1 amide bonds. The van der Waals surface area contributed by atoms with Crippen molar-refractivity contribution in [2.75, 3.05) is 18.0 Å². The van der Waals surface area contributed by atoms with Crippen molar-refractivity contribution in [3.63, 3.8) is 0 Å². The van der Waals surface area contributed by atoms with Gasteiger partial charge in [-0.1, -0.05) is 72.5 Å². The summed E-state index contributed by atoms with van der Waals surface area (Å²) in [5.74, 6) is -0.200. The Bertz CT molecular complexity index is 1530. The summed E-state index contributed by atoms with van der Waals surface area (Å²) in [5.41, 5.74) is 3.55. The fourth-order valence-corrected chi connectivity index (χ4v) is 6.71. The monoisotopic (exact) mass is 503 g/mol. The van der Waals surface area contributed by atoms with Crippen LogP contribution < -0.4 is 19.7 Å². The number of carbonyl (C=O) groups is 1. The van der Waals surface area contributed by atoms with Crippen molar-refractivity contribution in [3.05, 3.63) is 98.4 Å². The lowest BCUT2D eigenvalue weighted by Crippen LogP contribution is -2.36. The van der Waals surface area contributed by atoms with E-state index in [1.54, 1.807) is 10.6 Å². The van der Waals surface area contributed by atoms with Crippen molar-refractivity contribution in [1.82, 2.24) is 9.47 Å². The zero-order valence-electron chi connectivity index (χ0n) is 18.4. The van der Waals surface area contributed by atoms with Crippen LogP contribution in [0.4, 0.5) is 5.69 Å². The minimum atomic E-state index is -0.200. The van der Waals surface area contributed by atoms with Gasteiger partial charge in [0.05, 0.1) is 11.4 Å². The van der Waals surface area contributed by atoms with Crippen LogP contribution in [0, 0.1) is 0 Å². The zero-order chi connectivity index (χ0) is 23.8. The molecule has 0 unspecified atom stereocenters. The Labute approximate surface area is 210 Å². The Balaban J connectivity index is 1.85. The number of aromatic nitrogens is 1. The number of hydrogen-bond acceptors (Lipinski definition) is 6. The number of amides is 1. The second-order valence-electron chi connectivity index (χ2n) is 7.64. The SMILES string of the molecule is C=CCN1C(=O)/C(=c2/s/c(=C3\C=Cc4ccccc4N3CC)c(=O)n2-c2ccccc2)SC1=S. The first-order valence-corrected chi connectivity index (χ1v) is 12.8. The molecular formula is C26H21N3O2S3. The molecule has 0 spiro atoms. The smallest absolute Gasteiger partial charge is 0.275 e. The van der Waals surface area contributed by atoms with Crippen LogP contribution in [0.15, 0.2) is 78.1 Å². The van der Waals surface area contributed by atoms with E-state index in [0.29, 0.717) is 37.2 Å². The molecule has 8 heteroatoms. The standard InChI is InChI=1S/C26H21N3O2S3/c1-3-16-28-23(30)22(34-26(28)32)25-29(18-11-6-5-7-12-18)24(31)21(33-25)20-15-14-17-10-8-9-13-19(17)27(20)4-2/h3,5-15H,1,4,16H2,2H3/b21-20+,25-22-. The van der Waals surface area contributed by atoms with Crippen LogP contribution in [0.25, 0.3) is 22.4 Å². The molecule has 1 fully saturated rings. The molecule has 0 radical (unpaired) electrons. The van der Waals surface area contributed by atoms with Gasteiger partial charge in [0.1, 0.15) is 18.4 Å². The minimum absolute atomic E-state index is 0.155. The molecule has 2 aliphatic heterocycles. The maximum atomic E-state index is 13.9. The fraction of sp³-hybridized carbons (Fsp3) is 0.115. The number of hydrogen-bond donors (Lipinski definition) is 0. The number of para-hydroxylation sites is 2. The normalized spacial score (nSPS) is 18.5. The van der Waals surface area contributed by atoms with E-state index in [9.17, 15) is 9.59 Å². The van der Waals surface area contributed by atoms with Crippen molar-refractivity contribution in [3.8, 4) is 5.69 Å². The Morgan fingerprint density at radius 2 is 1.74 bits per heavy atom. The third-order valence-corrected chi connectivity index (χ3v) is 8.39. The maximum absolute atomic E-state index is 13.9. The molecule has 2 aromatic carbocycles. The number of benzene rings is 2. The summed E-state index contributed by atoms with van der Waals surface area (Å²) in [6.45, 7) is 6.84. The van der Waals surface area contributed by atoms with E-state index < -0.39 is 0 Å². The number of anilines is 1. The van der Waals surface area contributed by atoms with Crippen LogP contribution in [-0.2, 0) is 4.79 Å². The fourth-order valence-electron chi connectivity index (χ4n) is 4.12. The molecule has 0 aliphatic carbocycles. The third-order valence-electron chi connectivity index (χ3n) is 5.66. The highest BCUT2D eigenvalue weighted by molar-refractivity contribution is 8.30. The molecule has 1 saturated heterocycles. The van der Waals surface area contributed by atoms with E-state index in [4.69, 9.17) is 12.2 Å². The van der Waals surface area contributed by atoms with Gasteiger partial charge in [-0.2, -0.15) is 0 Å². The van der Waals surface area contributed by atoms with Gasteiger partial charge in [-0.15, -0.1) is 17.9 Å². The van der Waals surface area contributed by atoms with E-state index in [1.165, 1.54) is 28.0 Å². The van der Waals surface area contributed by atoms with Gasteiger partial charge in [0, 0.05) is 18.8 Å². The quantitative estimate of drug-likeness (QED) is 0.401. The van der Waals surface area contributed by atoms with Gasteiger partial charge < -0.3 is 4.90 Å². The molecule has 5 rings (SSSR count). The highest BCUT2D eigenvalue weighted by Crippen LogP contribution is 2.32. The summed E-state index contributed by atoms with van der Waals surface area (Å²) in [7, 11) is 0. The van der Waals surface area contributed by atoms with Crippen LogP contribution in [0.3, 0.4) is 0 Å². The summed E-state index contributed by atoms with van der Waals surface area (Å²) in [6.07, 6.45) is 5.67. The third kappa shape index (κ3) is 3.68. The van der Waals surface area contributed by atoms with E-state index >= 15 is 0 Å². The van der Waals surface area contributed by atoms with Gasteiger partial charge in [-0.3, -0.25) is 19.1 Å². The molecule has 3 aromatic rings. The second-order valence-corrected chi connectivity index (χ2v) is 10.3. The number of thioether (sulfide) groups is 1. The highest BCUT2D eigenvalue weighted by atomic mass is 32.2. The Morgan fingerprint density at radius 1 is 1.00 bits per heavy atom. The molecular weight excluding hydrogens is 483 g/mol. The number of nitrogens with zero attached hydrogens (tertiary/aromatic N) is 3. The highest BCUT2D eigenvalue weighted by Gasteiger charge is 2.33. The average molecular weight is 504 g/mol. The predicted octanol–water partition coefficient (Wildman–Crippen LogP) is 3.72. The number of thiocarbonyl (C=S) groups is 1. The van der Waals surface area contributed by atoms with Crippen LogP contribution in [0.2, 0.25) is 0 Å². The van der Waals surface area contributed by atoms with Crippen molar-refractivity contribution < 1.29 is 4.79 Å². The van der Waals surface area contributed by atoms with E-state index in [1.807, 2.05) is 54.6 Å². The van der Waals surface area contributed by atoms with Gasteiger partial charge in [-0.05, 0) is 36.8 Å². The molecule has 0 atom stereocenters. The van der Waals surface area contributed by atoms with Gasteiger partial charge in [0.15, 0.2) is 0 Å². The molecule has 2 aliphatic rings. The molecule has 1 aromatic heterocycles. The lowest BCUT2D eigenvalue weighted by molar-refractivity contribution is -0.120. The van der Waals surface area contributed by atoms with Crippen molar-refractivity contribution >= 4 is 67.9 Å². The molecule has 34 heavy (non-hydrogen) atoms. The Hall–Kier alpha value is -3.20. The summed E-state index contributed by atoms with van der Waals surface area (Å²) in [6, 6.07) is 17.5. The van der Waals surface area contributed by atoms with E-state index in [-0.39, 0.29) is 11.5 Å². The number of fused-ring (bicyclic) bond motifs is 1.